The van der Waals surface area contributed by atoms with E-state index in [1.54, 1.807) is 0 Å². The van der Waals surface area contributed by atoms with Gasteiger partial charge >= 0.3 is 0 Å². The second-order valence-corrected chi connectivity index (χ2v) is 3.83. The first-order valence-electron chi connectivity index (χ1n) is 5.31. The van der Waals surface area contributed by atoms with Gasteiger partial charge in [-0.05, 0) is 0 Å². The lowest BCUT2D eigenvalue weighted by molar-refractivity contribution is 0.0740. The minimum Gasteiger partial charge on any atom is -0.379 e. The highest BCUT2D eigenvalue weighted by Gasteiger charge is 2.02. The largest absolute Gasteiger partial charge is 0.379 e. The van der Waals surface area contributed by atoms with E-state index in [0.717, 1.165) is 52.6 Å². The van der Waals surface area contributed by atoms with Gasteiger partial charge in [0.2, 0.25) is 0 Å². The van der Waals surface area contributed by atoms with Crippen molar-refractivity contribution in [2.24, 2.45) is 0 Å². The topological polar surface area (TPSA) is 24.9 Å². The summed E-state index contributed by atoms with van der Waals surface area (Å²) >= 11 is 0. The Labute approximate surface area is 88.4 Å². The maximum Gasteiger partial charge on any atom is 0.185 e. The van der Waals surface area contributed by atoms with Crippen molar-refractivity contribution in [3.63, 3.8) is 0 Å². The van der Waals surface area contributed by atoms with Crippen LogP contribution in [0.5, 0.6) is 0 Å². The number of rotatable bonds is 0. The third-order valence-electron chi connectivity index (χ3n) is 2.47. The molecule has 14 heavy (non-hydrogen) atoms. The summed E-state index contributed by atoms with van der Waals surface area (Å²) in [5.41, 5.74) is 0. The fourth-order valence-electron chi connectivity index (χ4n) is 1.31. The smallest absolute Gasteiger partial charge is 0.185 e. The van der Waals surface area contributed by atoms with E-state index >= 15 is 0 Å². The van der Waals surface area contributed by atoms with Gasteiger partial charge < -0.3 is 19.1 Å². The van der Waals surface area contributed by atoms with E-state index in [1.807, 2.05) is 0 Å². The molecule has 0 aromatic heterocycles. The quantitative estimate of drug-likeness (QED) is 0.410. The van der Waals surface area contributed by atoms with Gasteiger partial charge in [0.25, 0.3) is 0 Å². The number of hydrogen-bond donors (Lipinski definition) is 0. The maximum absolute atomic E-state index is 5.52. The normalized spacial score (nSPS) is 25.1. The van der Waals surface area contributed by atoms with Crippen molar-refractivity contribution in [1.29, 1.82) is 0 Å². The summed E-state index contributed by atoms with van der Waals surface area (Å²) in [6, 6.07) is 0. The first-order valence-corrected chi connectivity index (χ1v) is 5.31. The van der Waals surface area contributed by atoms with Crippen LogP contribution in [0.15, 0.2) is 0 Å². The molecule has 0 aromatic rings. The van der Waals surface area contributed by atoms with E-state index < -0.39 is 0 Å². The zero-order chi connectivity index (χ0) is 10.2. The molecule has 80 valence electrons. The average molecular weight is 198 g/mol. The molecule has 0 saturated carbocycles. The maximum atomic E-state index is 5.52. The summed E-state index contributed by atoms with van der Waals surface area (Å²) in [5, 5.41) is 0. The summed E-state index contributed by atoms with van der Waals surface area (Å²) in [6.45, 7) is 7.27. The number of ether oxygens (including phenoxy) is 2. The van der Waals surface area contributed by atoms with E-state index in [2.05, 4.69) is 25.6 Å². The Morgan fingerprint density at radius 1 is 0.643 bits per heavy atom. The average Bonchev–Trinajstić information content (AvgIpc) is 2.14. The molecule has 0 radical (unpaired) electrons. The molecule has 4 nitrogen and oxygen atoms in total. The molecule has 1 aliphatic heterocycles. The van der Waals surface area contributed by atoms with Gasteiger partial charge in [0.1, 0.15) is 0 Å². The summed E-state index contributed by atoms with van der Waals surface area (Å²) in [7, 11) is 4.20. The molecule has 0 N–H and O–H groups in total. The van der Waals surface area contributed by atoms with Gasteiger partial charge in [-0.3, -0.25) is 0 Å². The molecule has 1 heterocycles. The van der Waals surface area contributed by atoms with Gasteiger partial charge in [0.15, 0.2) is 16.0 Å². The molecule has 1 aliphatic rings. The summed E-state index contributed by atoms with van der Waals surface area (Å²) in [5.74, 6) is 0. The molecule has 1 fully saturated rings. The van der Waals surface area contributed by atoms with Crippen LogP contribution in [-0.4, -0.2) is 78.2 Å². The van der Waals surface area contributed by atoms with Crippen molar-refractivity contribution < 1.29 is 9.47 Å². The van der Waals surface area contributed by atoms with Crippen LogP contribution in [0, 0.1) is 0 Å². The molecular formula is C8H20B2N2O2. The standard InChI is InChI=1S/C8H20B2N2O2/c9-11-1-5-13-7-3-12(10)4-8-14-6-2-11/h1-10H2. The van der Waals surface area contributed by atoms with E-state index in [0.29, 0.717) is 0 Å². The van der Waals surface area contributed by atoms with Gasteiger partial charge in [-0.25, -0.2) is 0 Å². The Morgan fingerprint density at radius 2 is 0.929 bits per heavy atom. The molecule has 0 atom stereocenters. The summed E-state index contributed by atoms with van der Waals surface area (Å²) in [6.07, 6.45) is 0. The van der Waals surface area contributed by atoms with Gasteiger partial charge in [-0.2, -0.15) is 0 Å². The van der Waals surface area contributed by atoms with Crippen molar-refractivity contribution >= 4 is 16.0 Å². The minimum absolute atomic E-state index is 0.824. The molecule has 0 amide bonds. The lowest BCUT2D eigenvalue weighted by Crippen LogP contribution is -2.33. The van der Waals surface area contributed by atoms with Gasteiger partial charge in [-0.15, -0.1) is 0 Å². The van der Waals surface area contributed by atoms with Crippen LogP contribution >= 0.6 is 0 Å². The van der Waals surface area contributed by atoms with Gasteiger partial charge in [-0.1, -0.05) is 0 Å². The highest BCUT2D eigenvalue weighted by molar-refractivity contribution is 6.04. The summed E-state index contributed by atoms with van der Waals surface area (Å²) in [4.78, 5) is 4.48. The van der Waals surface area contributed by atoms with Crippen molar-refractivity contribution in [2.45, 2.75) is 0 Å². The molecule has 1 rings (SSSR count). The third kappa shape index (κ3) is 5.65. The highest BCUT2D eigenvalue weighted by atomic mass is 16.5. The van der Waals surface area contributed by atoms with Crippen molar-refractivity contribution in [3.8, 4) is 0 Å². The third-order valence-corrected chi connectivity index (χ3v) is 2.47. The van der Waals surface area contributed by atoms with Gasteiger partial charge in [0.05, 0.1) is 26.4 Å². The molecular weight excluding hydrogens is 178 g/mol. The molecule has 0 unspecified atom stereocenters. The molecule has 0 aliphatic carbocycles. The lowest BCUT2D eigenvalue weighted by atomic mass is 10.3. The Kier molecular flexibility index (Phi) is 6.27. The second-order valence-electron chi connectivity index (χ2n) is 3.83. The number of nitrogens with zero attached hydrogens (tertiary/aromatic N) is 2. The fraction of sp³-hybridized carbons (Fsp3) is 1.00. The Hall–Kier alpha value is -0.0301. The first kappa shape index (κ1) is 12.0. The highest BCUT2D eigenvalue weighted by Crippen LogP contribution is 1.89. The van der Waals surface area contributed by atoms with Crippen molar-refractivity contribution in [2.75, 3.05) is 52.6 Å². The molecule has 0 bridgehead atoms. The Balaban J connectivity index is 2.19. The molecule has 0 aromatic carbocycles. The van der Waals surface area contributed by atoms with Crippen LogP contribution in [0.1, 0.15) is 0 Å². The lowest BCUT2D eigenvalue weighted by Gasteiger charge is -2.21. The van der Waals surface area contributed by atoms with Gasteiger partial charge in [0, 0.05) is 26.2 Å². The second kappa shape index (κ2) is 7.29. The van der Waals surface area contributed by atoms with E-state index in [4.69, 9.17) is 9.47 Å². The van der Waals surface area contributed by atoms with Crippen LogP contribution in [-0.2, 0) is 9.47 Å². The van der Waals surface area contributed by atoms with Crippen LogP contribution in [0.4, 0.5) is 0 Å². The minimum atomic E-state index is 0.824. The predicted molar refractivity (Wildman–Crippen MR) is 61.9 cm³/mol. The van der Waals surface area contributed by atoms with Crippen LogP contribution in [0.2, 0.25) is 0 Å². The molecule has 6 heteroatoms. The van der Waals surface area contributed by atoms with E-state index in [-0.39, 0.29) is 0 Å². The zero-order valence-corrected chi connectivity index (χ0v) is 9.37. The van der Waals surface area contributed by atoms with Crippen LogP contribution in [0.3, 0.4) is 0 Å². The Bertz CT molecular complexity index is 123. The van der Waals surface area contributed by atoms with Crippen LogP contribution in [0.25, 0.3) is 0 Å². The fourth-order valence-corrected chi connectivity index (χ4v) is 1.31. The molecule has 0 spiro atoms. The Morgan fingerprint density at radius 3 is 1.21 bits per heavy atom. The zero-order valence-electron chi connectivity index (χ0n) is 9.37. The number of hydrogen-bond acceptors (Lipinski definition) is 4. The monoisotopic (exact) mass is 198 g/mol. The van der Waals surface area contributed by atoms with E-state index in [1.165, 1.54) is 0 Å². The van der Waals surface area contributed by atoms with Crippen molar-refractivity contribution in [1.82, 2.24) is 9.62 Å². The SMILES string of the molecule is BN1CCOCCN(B)CCOCC1. The predicted octanol–water partition coefficient (Wildman–Crippen LogP) is -2.27. The summed E-state index contributed by atoms with van der Waals surface area (Å²) < 4.78 is 11.0. The first-order chi connectivity index (χ1) is 6.79. The van der Waals surface area contributed by atoms with Crippen molar-refractivity contribution in [3.05, 3.63) is 0 Å². The van der Waals surface area contributed by atoms with E-state index in [9.17, 15) is 0 Å². The van der Waals surface area contributed by atoms with Crippen LogP contribution < -0.4 is 0 Å². The molecule has 1 saturated heterocycles.